The summed E-state index contributed by atoms with van der Waals surface area (Å²) < 4.78 is 5.62. The standard InChI is InChI=1S/C20H24N2O2S/c1-3-4-14-24-18-12-10-17(11-13-18)15-21-22-20(23)16(2)25-19-8-6-5-7-9-19/h5-13,15-16H,3-4,14H2,1-2H3,(H,22,23)/b21-15-/t16-/m1/s1. The van der Waals surface area contributed by atoms with Crippen LogP contribution in [-0.4, -0.2) is 24.0 Å². The van der Waals surface area contributed by atoms with Gasteiger partial charge >= 0.3 is 0 Å². The maximum Gasteiger partial charge on any atom is 0.253 e. The molecule has 0 aliphatic heterocycles. The van der Waals surface area contributed by atoms with E-state index >= 15 is 0 Å². The van der Waals surface area contributed by atoms with Crippen molar-refractivity contribution in [2.45, 2.75) is 36.8 Å². The molecule has 0 saturated heterocycles. The van der Waals surface area contributed by atoms with Crippen molar-refractivity contribution in [3.05, 3.63) is 60.2 Å². The molecule has 0 fully saturated rings. The average Bonchev–Trinajstić information content (AvgIpc) is 2.64. The van der Waals surface area contributed by atoms with Gasteiger partial charge in [-0.2, -0.15) is 5.10 Å². The van der Waals surface area contributed by atoms with E-state index in [-0.39, 0.29) is 11.2 Å². The molecule has 0 aromatic heterocycles. The van der Waals surface area contributed by atoms with Crippen molar-refractivity contribution in [3.8, 4) is 5.75 Å². The molecule has 0 spiro atoms. The number of carbonyl (C=O) groups is 1. The highest BCUT2D eigenvalue weighted by molar-refractivity contribution is 8.00. The van der Waals surface area contributed by atoms with Crippen LogP contribution < -0.4 is 10.2 Å². The average molecular weight is 356 g/mol. The number of carbonyl (C=O) groups excluding carboxylic acids is 1. The van der Waals surface area contributed by atoms with Crippen LogP contribution in [0.2, 0.25) is 0 Å². The van der Waals surface area contributed by atoms with Gasteiger partial charge < -0.3 is 4.74 Å². The first-order chi connectivity index (χ1) is 12.2. The lowest BCUT2D eigenvalue weighted by Crippen LogP contribution is -2.26. The van der Waals surface area contributed by atoms with Gasteiger partial charge in [0, 0.05) is 4.90 Å². The fraction of sp³-hybridized carbons (Fsp3) is 0.300. The Morgan fingerprint density at radius 1 is 1.20 bits per heavy atom. The van der Waals surface area contributed by atoms with E-state index in [0.29, 0.717) is 0 Å². The zero-order chi connectivity index (χ0) is 17.9. The van der Waals surface area contributed by atoms with Gasteiger partial charge in [0.1, 0.15) is 5.75 Å². The zero-order valence-electron chi connectivity index (χ0n) is 14.6. The third-order valence-corrected chi connectivity index (χ3v) is 4.57. The summed E-state index contributed by atoms with van der Waals surface area (Å²) in [6.45, 7) is 4.73. The van der Waals surface area contributed by atoms with E-state index in [1.165, 1.54) is 11.8 Å². The molecule has 0 aliphatic carbocycles. The molecule has 0 bridgehead atoms. The van der Waals surface area contributed by atoms with E-state index in [2.05, 4.69) is 17.5 Å². The Morgan fingerprint density at radius 2 is 1.92 bits per heavy atom. The largest absolute Gasteiger partial charge is 0.494 e. The van der Waals surface area contributed by atoms with Crippen molar-refractivity contribution in [1.29, 1.82) is 0 Å². The molecule has 2 aromatic carbocycles. The summed E-state index contributed by atoms with van der Waals surface area (Å²) in [5.41, 5.74) is 3.49. The Labute approximate surface area is 153 Å². The molecule has 1 atom stereocenters. The van der Waals surface area contributed by atoms with Crippen LogP contribution in [0.3, 0.4) is 0 Å². The van der Waals surface area contributed by atoms with E-state index in [0.717, 1.165) is 35.7 Å². The van der Waals surface area contributed by atoms with Crippen molar-refractivity contribution in [3.63, 3.8) is 0 Å². The number of ether oxygens (including phenoxy) is 1. The molecule has 1 N–H and O–H groups in total. The smallest absolute Gasteiger partial charge is 0.253 e. The van der Waals surface area contributed by atoms with Gasteiger partial charge in [-0.15, -0.1) is 11.8 Å². The van der Waals surface area contributed by atoms with Gasteiger partial charge in [-0.3, -0.25) is 4.79 Å². The van der Waals surface area contributed by atoms with Gasteiger partial charge in [-0.25, -0.2) is 5.43 Å². The Balaban J connectivity index is 1.78. The number of thioether (sulfide) groups is 1. The van der Waals surface area contributed by atoms with Crippen molar-refractivity contribution in [2.75, 3.05) is 6.61 Å². The van der Waals surface area contributed by atoms with Gasteiger partial charge in [0.2, 0.25) is 0 Å². The van der Waals surface area contributed by atoms with E-state index in [1.807, 2.05) is 61.5 Å². The summed E-state index contributed by atoms with van der Waals surface area (Å²) in [7, 11) is 0. The highest BCUT2D eigenvalue weighted by Crippen LogP contribution is 2.22. The third kappa shape index (κ3) is 7.01. The van der Waals surface area contributed by atoms with Crippen LogP contribution in [-0.2, 0) is 4.79 Å². The fourth-order valence-corrected chi connectivity index (χ4v) is 2.88. The second-order valence-electron chi connectivity index (χ2n) is 5.58. The molecule has 5 heteroatoms. The van der Waals surface area contributed by atoms with E-state index in [9.17, 15) is 4.79 Å². The van der Waals surface area contributed by atoms with Gasteiger partial charge in [0.15, 0.2) is 0 Å². The van der Waals surface area contributed by atoms with Crippen LogP contribution in [0.1, 0.15) is 32.3 Å². The van der Waals surface area contributed by atoms with Crippen molar-refractivity contribution >= 4 is 23.9 Å². The molecule has 0 aliphatic rings. The van der Waals surface area contributed by atoms with E-state index in [1.54, 1.807) is 6.21 Å². The molecule has 1 amide bonds. The summed E-state index contributed by atoms with van der Waals surface area (Å²) >= 11 is 1.51. The van der Waals surface area contributed by atoms with E-state index in [4.69, 9.17) is 4.74 Å². The minimum Gasteiger partial charge on any atom is -0.494 e. The number of nitrogens with one attached hydrogen (secondary N) is 1. The van der Waals surface area contributed by atoms with Crippen LogP contribution in [0, 0.1) is 0 Å². The normalized spacial score (nSPS) is 12.1. The number of hydrazone groups is 1. The molecular formula is C20H24N2O2S. The van der Waals surface area contributed by atoms with Crippen molar-refractivity contribution in [1.82, 2.24) is 5.43 Å². The topological polar surface area (TPSA) is 50.7 Å². The quantitative estimate of drug-likeness (QED) is 0.311. The molecule has 132 valence electrons. The first kappa shape index (κ1) is 19.1. The second-order valence-corrected chi connectivity index (χ2v) is 6.99. The summed E-state index contributed by atoms with van der Waals surface area (Å²) in [6, 6.07) is 17.5. The Hall–Kier alpha value is -2.27. The number of hydrogen-bond donors (Lipinski definition) is 1. The molecule has 0 radical (unpaired) electrons. The number of hydrogen-bond acceptors (Lipinski definition) is 4. The number of benzene rings is 2. The number of rotatable bonds is 9. The maximum absolute atomic E-state index is 12.1. The van der Waals surface area contributed by atoms with Gasteiger partial charge in [0.05, 0.1) is 18.1 Å². The summed E-state index contributed by atoms with van der Waals surface area (Å²) in [5, 5.41) is 3.82. The lowest BCUT2D eigenvalue weighted by atomic mass is 10.2. The van der Waals surface area contributed by atoms with Crippen LogP contribution in [0.15, 0.2) is 64.6 Å². The first-order valence-electron chi connectivity index (χ1n) is 8.46. The van der Waals surface area contributed by atoms with Gasteiger partial charge in [-0.1, -0.05) is 31.5 Å². The second kappa shape index (κ2) is 10.6. The minimum atomic E-state index is -0.214. The molecule has 0 heterocycles. The molecule has 0 unspecified atom stereocenters. The lowest BCUT2D eigenvalue weighted by Gasteiger charge is -2.09. The lowest BCUT2D eigenvalue weighted by molar-refractivity contribution is -0.120. The first-order valence-corrected chi connectivity index (χ1v) is 9.34. The monoisotopic (exact) mass is 356 g/mol. The van der Waals surface area contributed by atoms with Crippen LogP contribution in [0.5, 0.6) is 5.75 Å². The highest BCUT2D eigenvalue weighted by atomic mass is 32.2. The van der Waals surface area contributed by atoms with Crippen molar-refractivity contribution < 1.29 is 9.53 Å². The third-order valence-electron chi connectivity index (χ3n) is 3.46. The van der Waals surface area contributed by atoms with Gasteiger partial charge in [0.25, 0.3) is 5.91 Å². The predicted molar refractivity (Wildman–Crippen MR) is 104 cm³/mol. The van der Waals surface area contributed by atoms with Crippen LogP contribution in [0.25, 0.3) is 0 Å². The zero-order valence-corrected chi connectivity index (χ0v) is 15.5. The van der Waals surface area contributed by atoms with Gasteiger partial charge in [-0.05, 0) is 55.3 Å². The molecule has 2 aromatic rings. The number of unbranched alkanes of at least 4 members (excludes halogenated alkanes) is 1. The highest BCUT2D eigenvalue weighted by Gasteiger charge is 2.13. The fourth-order valence-electron chi connectivity index (χ4n) is 2.00. The summed E-state index contributed by atoms with van der Waals surface area (Å²) in [6.07, 6.45) is 3.80. The maximum atomic E-state index is 12.1. The summed E-state index contributed by atoms with van der Waals surface area (Å²) in [4.78, 5) is 13.1. The van der Waals surface area contributed by atoms with Crippen molar-refractivity contribution in [2.24, 2.45) is 5.10 Å². The summed E-state index contributed by atoms with van der Waals surface area (Å²) in [5.74, 6) is 0.729. The number of amides is 1. The molecule has 0 saturated carbocycles. The molecule has 25 heavy (non-hydrogen) atoms. The molecule has 2 rings (SSSR count). The minimum absolute atomic E-state index is 0.121. The predicted octanol–water partition coefficient (Wildman–Crippen LogP) is 4.50. The molecular weight excluding hydrogens is 332 g/mol. The van der Waals surface area contributed by atoms with Crippen LogP contribution in [0.4, 0.5) is 0 Å². The Kier molecular flexibility index (Phi) is 8.05. The molecule has 4 nitrogen and oxygen atoms in total. The van der Waals surface area contributed by atoms with E-state index < -0.39 is 0 Å². The Bertz CT molecular complexity index is 672. The van der Waals surface area contributed by atoms with Crippen LogP contribution >= 0.6 is 11.8 Å². The number of nitrogens with zero attached hydrogens (tertiary/aromatic N) is 1. The SMILES string of the molecule is CCCCOc1ccc(/C=N\NC(=O)[C@@H](C)Sc2ccccc2)cc1. The Morgan fingerprint density at radius 3 is 2.60 bits per heavy atom.